The summed E-state index contributed by atoms with van der Waals surface area (Å²) in [7, 11) is 1.72. The second-order valence-electron chi connectivity index (χ2n) is 5.20. The summed E-state index contributed by atoms with van der Waals surface area (Å²) in [5.74, 6) is -0.835. The Bertz CT molecular complexity index is 445. The Balaban J connectivity index is 2.66. The van der Waals surface area contributed by atoms with Crippen LogP contribution in [0.2, 0.25) is 0 Å². The lowest BCUT2D eigenvalue weighted by molar-refractivity contribution is -0.137. The van der Waals surface area contributed by atoms with Crippen LogP contribution in [0.5, 0.6) is 0 Å². The first kappa shape index (κ1) is 16.5. The largest absolute Gasteiger partial charge is 0.481 e. The molecule has 20 heavy (non-hydrogen) atoms. The van der Waals surface area contributed by atoms with Crippen molar-refractivity contribution in [3.05, 3.63) is 22.4 Å². The monoisotopic (exact) mass is 298 g/mol. The maximum atomic E-state index is 12.2. The molecule has 112 valence electrons. The fourth-order valence-electron chi connectivity index (χ4n) is 1.80. The van der Waals surface area contributed by atoms with Gasteiger partial charge in [0.25, 0.3) is 0 Å². The van der Waals surface area contributed by atoms with Crippen molar-refractivity contribution in [2.24, 2.45) is 5.92 Å². The van der Waals surface area contributed by atoms with Crippen molar-refractivity contribution < 1.29 is 14.7 Å². The Morgan fingerprint density at radius 2 is 2.05 bits per heavy atom. The van der Waals surface area contributed by atoms with E-state index in [4.69, 9.17) is 5.11 Å². The predicted octanol–water partition coefficient (Wildman–Crippen LogP) is 2.95. The average molecular weight is 298 g/mol. The number of hydrogen-bond donors (Lipinski definition) is 2. The van der Waals surface area contributed by atoms with Crippen LogP contribution < -0.4 is 5.32 Å². The summed E-state index contributed by atoms with van der Waals surface area (Å²) in [5, 5.41) is 13.7. The summed E-state index contributed by atoms with van der Waals surface area (Å²) in [6.07, 6.45) is -0.0649. The molecule has 1 heterocycles. The van der Waals surface area contributed by atoms with Gasteiger partial charge in [-0.1, -0.05) is 19.9 Å². The van der Waals surface area contributed by atoms with Gasteiger partial charge in [0.2, 0.25) is 0 Å². The number of carbonyl (C=O) groups excluding carboxylic acids is 1. The zero-order valence-electron chi connectivity index (χ0n) is 12.3. The number of carboxylic acid groups (broad SMARTS) is 1. The van der Waals surface area contributed by atoms with Crippen molar-refractivity contribution in [2.75, 3.05) is 7.05 Å². The summed E-state index contributed by atoms with van der Waals surface area (Å²) in [6, 6.07) is 3.29. The van der Waals surface area contributed by atoms with E-state index in [2.05, 4.69) is 5.32 Å². The molecule has 0 aliphatic heterocycles. The number of carbonyl (C=O) groups is 2. The molecule has 0 saturated carbocycles. The standard InChI is InChI=1S/C14H22N2O3S/c1-9(2)11(8-13(17)18)15-14(19)16(4)10(3)12-6-5-7-20-12/h5-7,9-11H,8H2,1-4H3,(H,15,19)(H,17,18). The zero-order chi connectivity index (χ0) is 15.3. The van der Waals surface area contributed by atoms with Crippen molar-refractivity contribution in [2.45, 2.75) is 39.3 Å². The highest BCUT2D eigenvalue weighted by atomic mass is 32.1. The van der Waals surface area contributed by atoms with Gasteiger partial charge in [-0.2, -0.15) is 0 Å². The first-order chi connectivity index (χ1) is 9.32. The minimum Gasteiger partial charge on any atom is -0.481 e. The predicted molar refractivity (Wildman–Crippen MR) is 79.9 cm³/mol. The van der Waals surface area contributed by atoms with Gasteiger partial charge < -0.3 is 15.3 Å². The van der Waals surface area contributed by atoms with E-state index in [1.54, 1.807) is 23.3 Å². The van der Waals surface area contributed by atoms with E-state index in [0.29, 0.717) is 0 Å². The Morgan fingerprint density at radius 1 is 1.40 bits per heavy atom. The quantitative estimate of drug-likeness (QED) is 0.848. The summed E-state index contributed by atoms with van der Waals surface area (Å²) in [5.41, 5.74) is 0. The van der Waals surface area contributed by atoms with Crippen molar-refractivity contribution in [3.63, 3.8) is 0 Å². The number of urea groups is 1. The summed E-state index contributed by atoms with van der Waals surface area (Å²) < 4.78 is 0. The minimum absolute atomic E-state index is 0.0346. The van der Waals surface area contributed by atoms with E-state index >= 15 is 0 Å². The summed E-state index contributed by atoms with van der Waals surface area (Å²) in [4.78, 5) is 25.7. The second kappa shape index (κ2) is 7.28. The van der Waals surface area contributed by atoms with E-state index in [0.717, 1.165) is 4.88 Å². The lowest BCUT2D eigenvalue weighted by atomic mass is 10.0. The molecular formula is C14H22N2O3S. The number of carboxylic acids is 1. The smallest absolute Gasteiger partial charge is 0.317 e. The minimum atomic E-state index is -0.905. The van der Waals surface area contributed by atoms with E-state index in [1.807, 2.05) is 38.3 Å². The highest BCUT2D eigenvalue weighted by molar-refractivity contribution is 7.10. The third kappa shape index (κ3) is 4.52. The molecule has 2 N–H and O–H groups in total. The lowest BCUT2D eigenvalue weighted by Crippen LogP contribution is -2.46. The van der Waals surface area contributed by atoms with Crippen LogP contribution in [0.1, 0.15) is 38.1 Å². The Kier molecular flexibility index (Phi) is 6.01. The first-order valence-corrected chi connectivity index (χ1v) is 7.49. The van der Waals surface area contributed by atoms with Crippen LogP contribution in [0.4, 0.5) is 4.79 Å². The molecule has 1 aromatic rings. The zero-order valence-corrected chi connectivity index (χ0v) is 13.1. The van der Waals surface area contributed by atoms with Crippen molar-refractivity contribution in [3.8, 4) is 0 Å². The highest BCUT2D eigenvalue weighted by Gasteiger charge is 2.24. The number of nitrogens with zero attached hydrogens (tertiary/aromatic N) is 1. The molecule has 1 rings (SSSR count). The Labute approximate surface area is 123 Å². The molecule has 0 aromatic carbocycles. The van der Waals surface area contributed by atoms with Crippen molar-refractivity contribution in [1.29, 1.82) is 0 Å². The molecule has 0 fully saturated rings. The van der Waals surface area contributed by atoms with Gasteiger partial charge in [0, 0.05) is 18.0 Å². The van der Waals surface area contributed by atoms with Gasteiger partial charge in [-0.3, -0.25) is 4.79 Å². The molecule has 0 aliphatic rings. The third-order valence-corrected chi connectivity index (χ3v) is 4.41. The van der Waals surface area contributed by atoms with Crippen LogP contribution in [0.3, 0.4) is 0 Å². The summed E-state index contributed by atoms with van der Waals surface area (Å²) >= 11 is 1.60. The lowest BCUT2D eigenvalue weighted by Gasteiger charge is -2.28. The average Bonchev–Trinajstić information content (AvgIpc) is 2.89. The number of thiophene rings is 1. The van der Waals surface area contributed by atoms with Gasteiger partial charge >= 0.3 is 12.0 Å². The molecule has 0 spiro atoms. The van der Waals surface area contributed by atoms with Crippen LogP contribution in [0, 0.1) is 5.92 Å². The van der Waals surface area contributed by atoms with Crippen molar-refractivity contribution in [1.82, 2.24) is 10.2 Å². The van der Waals surface area contributed by atoms with Gasteiger partial charge in [-0.15, -0.1) is 11.3 Å². The first-order valence-electron chi connectivity index (χ1n) is 6.61. The van der Waals surface area contributed by atoms with E-state index in [-0.39, 0.29) is 30.5 Å². The van der Waals surface area contributed by atoms with Crippen LogP contribution in [0.25, 0.3) is 0 Å². The number of amides is 2. The normalized spacial score (nSPS) is 13.8. The second-order valence-corrected chi connectivity index (χ2v) is 6.18. The molecule has 2 atom stereocenters. The van der Waals surface area contributed by atoms with Gasteiger partial charge in [0.1, 0.15) is 0 Å². The fraction of sp³-hybridized carbons (Fsp3) is 0.571. The highest BCUT2D eigenvalue weighted by Crippen LogP contribution is 2.23. The SMILES string of the molecule is CC(C)C(CC(=O)O)NC(=O)N(C)C(C)c1cccs1. The van der Waals surface area contributed by atoms with Crippen LogP contribution in [-0.2, 0) is 4.79 Å². The number of rotatable bonds is 6. The van der Waals surface area contributed by atoms with Crippen molar-refractivity contribution >= 4 is 23.3 Å². The molecule has 5 nitrogen and oxygen atoms in total. The van der Waals surface area contributed by atoms with E-state index < -0.39 is 5.97 Å². The molecule has 1 aromatic heterocycles. The fourth-order valence-corrected chi connectivity index (χ4v) is 2.62. The summed E-state index contributed by atoms with van der Waals surface area (Å²) in [6.45, 7) is 5.75. The third-order valence-electron chi connectivity index (χ3n) is 3.36. The van der Waals surface area contributed by atoms with Gasteiger partial charge in [0.05, 0.1) is 12.5 Å². The number of nitrogens with one attached hydrogen (secondary N) is 1. The number of aliphatic carboxylic acids is 1. The molecule has 0 bridgehead atoms. The maximum absolute atomic E-state index is 12.2. The molecule has 0 radical (unpaired) electrons. The van der Waals surface area contributed by atoms with E-state index in [1.165, 1.54) is 0 Å². The molecule has 0 saturated heterocycles. The molecule has 6 heteroatoms. The molecular weight excluding hydrogens is 276 g/mol. The maximum Gasteiger partial charge on any atom is 0.317 e. The van der Waals surface area contributed by atoms with Gasteiger partial charge in [0.15, 0.2) is 0 Å². The van der Waals surface area contributed by atoms with Gasteiger partial charge in [-0.05, 0) is 24.3 Å². The molecule has 0 aliphatic carbocycles. The topological polar surface area (TPSA) is 69.6 Å². The molecule has 2 amide bonds. The van der Waals surface area contributed by atoms with Gasteiger partial charge in [-0.25, -0.2) is 4.79 Å². The van der Waals surface area contributed by atoms with Crippen LogP contribution in [-0.4, -0.2) is 35.1 Å². The van der Waals surface area contributed by atoms with E-state index in [9.17, 15) is 9.59 Å². The molecule has 2 unspecified atom stereocenters. The van der Waals surface area contributed by atoms with Crippen LogP contribution >= 0.6 is 11.3 Å². The van der Waals surface area contributed by atoms with Crippen LogP contribution in [0.15, 0.2) is 17.5 Å². The number of hydrogen-bond acceptors (Lipinski definition) is 3. The Morgan fingerprint density at radius 3 is 2.50 bits per heavy atom. The Hall–Kier alpha value is -1.56.